The Balaban J connectivity index is 0.000000277. The predicted octanol–water partition coefficient (Wildman–Crippen LogP) is -2.72. The van der Waals surface area contributed by atoms with E-state index in [9.17, 15) is 24.6 Å². The number of aromatic nitrogens is 2. The molecule has 2 rings (SSSR count). The van der Waals surface area contributed by atoms with E-state index in [2.05, 4.69) is 21.0 Å². The molecule has 0 radical (unpaired) electrons. The van der Waals surface area contributed by atoms with Crippen LogP contribution < -0.4 is 11.1 Å². The van der Waals surface area contributed by atoms with Gasteiger partial charge in [-0.05, 0) is 0 Å². The minimum Gasteiger partial charge on any atom is -0.394 e. The molecule has 0 aliphatic carbocycles. The van der Waals surface area contributed by atoms with E-state index in [1.165, 1.54) is 0 Å². The zero-order chi connectivity index (χ0) is 18.1. The minimum absolute atomic E-state index is 0.0706. The second kappa shape index (κ2) is 9.72. The van der Waals surface area contributed by atoms with Crippen LogP contribution >= 0.6 is 0 Å². The van der Waals surface area contributed by atoms with Crippen LogP contribution in [0.1, 0.15) is 12.8 Å². The van der Waals surface area contributed by atoms with Gasteiger partial charge in [0.15, 0.2) is 6.23 Å². The van der Waals surface area contributed by atoms with Crippen LogP contribution in [0.2, 0.25) is 0 Å². The van der Waals surface area contributed by atoms with Gasteiger partial charge in [0.05, 0.1) is 6.61 Å². The lowest BCUT2D eigenvalue weighted by atomic mass is 10.1. The first-order valence-corrected chi connectivity index (χ1v) is 7.05. The number of aliphatic hydroxyl groups is 3. The van der Waals surface area contributed by atoms with Gasteiger partial charge in [0.1, 0.15) is 24.6 Å². The number of hydrogen-bond acceptors (Lipinski definition) is 9. The Morgan fingerprint density at radius 2 is 2.12 bits per heavy atom. The first kappa shape index (κ1) is 19.7. The first-order valence-electron chi connectivity index (χ1n) is 7.05. The molecule has 1 fully saturated rings. The van der Waals surface area contributed by atoms with Gasteiger partial charge in [0, 0.05) is 25.2 Å². The maximum Gasteiger partial charge on any atom is 0.284 e. The highest BCUT2D eigenvalue weighted by atomic mass is 16.6. The summed E-state index contributed by atoms with van der Waals surface area (Å²) in [6.45, 7) is -0.339. The van der Waals surface area contributed by atoms with Crippen molar-refractivity contribution >= 4 is 23.9 Å². The number of amides is 1. The number of hydrogen-bond donors (Lipinski definition) is 6. The summed E-state index contributed by atoms with van der Waals surface area (Å²) in [6.07, 6.45) is -0.000202. The third-order valence-electron chi connectivity index (χ3n) is 3.08. The van der Waals surface area contributed by atoms with Gasteiger partial charge in [-0.15, -0.1) is 0 Å². The second-order valence-corrected chi connectivity index (χ2v) is 4.83. The van der Waals surface area contributed by atoms with E-state index in [1.54, 1.807) is 12.4 Å². The number of imidazole rings is 1. The number of anilines is 1. The van der Waals surface area contributed by atoms with Gasteiger partial charge < -0.3 is 40.9 Å². The molecule has 1 saturated heterocycles. The Bertz CT molecular complexity index is 536. The summed E-state index contributed by atoms with van der Waals surface area (Å²) >= 11 is 0. The highest BCUT2D eigenvalue weighted by Gasteiger charge is 2.42. The Morgan fingerprint density at radius 1 is 1.42 bits per heavy atom. The number of primary amides is 1. The molecule has 11 heteroatoms. The zero-order valence-corrected chi connectivity index (χ0v) is 12.7. The standard InChI is InChI=1S/C8H13N3O4.C5H7NO3/c12-3-4-5(13)6(14)7(15-4)11-8-9-1-2-10-8;6-5(9)4(8)2-1-3-7/h1-2,4-7,12-14H,3H2,(H2,9,10,11);3H,1-2H2,(H2,6,9)/t4-,5-,6-,7?;/m1./s1. The Morgan fingerprint density at radius 3 is 2.58 bits per heavy atom. The van der Waals surface area contributed by atoms with Crippen LogP contribution in [0.15, 0.2) is 12.4 Å². The molecule has 134 valence electrons. The van der Waals surface area contributed by atoms with Crippen LogP contribution in [-0.2, 0) is 19.1 Å². The molecule has 1 aliphatic rings. The summed E-state index contributed by atoms with van der Waals surface area (Å²) < 4.78 is 5.19. The third-order valence-corrected chi connectivity index (χ3v) is 3.08. The normalized spacial score (nSPS) is 25.5. The third kappa shape index (κ3) is 5.70. The zero-order valence-electron chi connectivity index (χ0n) is 12.7. The summed E-state index contributed by atoms with van der Waals surface area (Å²) in [5, 5.41) is 30.6. The molecule has 1 aliphatic heterocycles. The number of aliphatic hydroxyl groups excluding tert-OH is 3. The monoisotopic (exact) mass is 344 g/mol. The number of aromatic amines is 1. The minimum atomic E-state index is -1.09. The van der Waals surface area contributed by atoms with Gasteiger partial charge in [-0.1, -0.05) is 0 Å². The molecule has 4 atom stereocenters. The van der Waals surface area contributed by atoms with Crippen LogP contribution in [0.25, 0.3) is 0 Å². The number of nitrogens with one attached hydrogen (secondary N) is 2. The van der Waals surface area contributed by atoms with Crippen molar-refractivity contribution in [2.24, 2.45) is 5.73 Å². The topological polar surface area (TPSA) is 188 Å². The maximum absolute atomic E-state index is 10.3. The number of rotatable bonds is 7. The molecular weight excluding hydrogens is 324 g/mol. The molecule has 1 aromatic heterocycles. The lowest BCUT2D eigenvalue weighted by Gasteiger charge is -2.15. The molecule has 0 bridgehead atoms. The summed E-state index contributed by atoms with van der Waals surface area (Å²) in [7, 11) is 0. The molecule has 24 heavy (non-hydrogen) atoms. The highest BCUT2D eigenvalue weighted by molar-refractivity contribution is 6.35. The average molecular weight is 344 g/mol. The second-order valence-electron chi connectivity index (χ2n) is 4.83. The van der Waals surface area contributed by atoms with Crippen molar-refractivity contribution in [3.8, 4) is 0 Å². The maximum atomic E-state index is 10.3. The SMILES string of the molecule is NC(=O)C(=O)CCC=O.OC[C@H]1OC(Nc2ncc[nH]2)[C@H](O)[C@@H]1O. The quantitative estimate of drug-likeness (QED) is 0.225. The van der Waals surface area contributed by atoms with Crippen molar-refractivity contribution in [3.63, 3.8) is 0 Å². The van der Waals surface area contributed by atoms with Crippen LogP contribution in [0.5, 0.6) is 0 Å². The molecule has 0 saturated carbocycles. The van der Waals surface area contributed by atoms with Gasteiger partial charge in [-0.25, -0.2) is 4.98 Å². The lowest BCUT2D eigenvalue weighted by molar-refractivity contribution is -0.136. The Hall–Kier alpha value is -2.34. The van der Waals surface area contributed by atoms with E-state index in [-0.39, 0.29) is 19.4 Å². The van der Waals surface area contributed by atoms with Gasteiger partial charge in [-0.3, -0.25) is 9.59 Å². The Labute approximate surface area is 136 Å². The molecule has 1 amide bonds. The number of carbonyl (C=O) groups excluding carboxylic acids is 3. The summed E-state index contributed by atoms with van der Waals surface area (Å²) in [4.78, 5) is 36.5. The molecule has 11 nitrogen and oxygen atoms in total. The smallest absolute Gasteiger partial charge is 0.284 e. The number of H-pyrrole nitrogens is 1. The van der Waals surface area contributed by atoms with Crippen molar-refractivity contribution < 1.29 is 34.4 Å². The molecule has 0 spiro atoms. The number of nitrogens with zero attached hydrogens (tertiary/aromatic N) is 1. The predicted molar refractivity (Wildman–Crippen MR) is 79.5 cm³/mol. The van der Waals surface area contributed by atoms with Crippen LogP contribution in [0, 0.1) is 0 Å². The van der Waals surface area contributed by atoms with E-state index in [1.807, 2.05) is 0 Å². The average Bonchev–Trinajstić information content (AvgIpc) is 3.17. The van der Waals surface area contributed by atoms with Crippen molar-refractivity contribution in [1.29, 1.82) is 0 Å². The van der Waals surface area contributed by atoms with Crippen LogP contribution in [0.4, 0.5) is 5.95 Å². The first-order chi connectivity index (χ1) is 11.4. The number of carbonyl (C=O) groups is 3. The Kier molecular flexibility index (Phi) is 7.98. The molecule has 7 N–H and O–H groups in total. The van der Waals surface area contributed by atoms with E-state index in [4.69, 9.17) is 9.84 Å². The fourth-order valence-electron chi connectivity index (χ4n) is 1.81. The fraction of sp³-hybridized carbons (Fsp3) is 0.538. The molecule has 1 unspecified atom stereocenters. The van der Waals surface area contributed by atoms with E-state index >= 15 is 0 Å². The molecule has 0 aromatic carbocycles. The number of nitrogens with two attached hydrogens (primary N) is 1. The number of ether oxygens (including phenoxy) is 1. The number of aldehydes is 1. The van der Waals surface area contributed by atoms with Crippen molar-refractivity contribution in [3.05, 3.63) is 12.4 Å². The largest absolute Gasteiger partial charge is 0.394 e. The van der Waals surface area contributed by atoms with E-state index in [0.29, 0.717) is 12.2 Å². The molecular formula is C13H20N4O7. The number of ketones is 1. The van der Waals surface area contributed by atoms with Gasteiger partial charge in [0.25, 0.3) is 5.91 Å². The van der Waals surface area contributed by atoms with Crippen molar-refractivity contribution in [2.45, 2.75) is 37.4 Å². The van der Waals surface area contributed by atoms with E-state index in [0.717, 1.165) is 0 Å². The van der Waals surface area contributed by atoms with Gasteiger partial charge >= 0.3 is 0 Å². The summed E-state index contributed by atoms with van der Waals surface area (Å²) in [5.74, 6) is -1.23. The number of Topliss-reactive ketones (excluding diaryl/α,β-unsaturated/α-hetero) is 1. The fourth-order valence-corrected chi connectivity index (χ4v) is 1.81. The van der Waals surface area contributed by atoms with Gasteiger partial charge in [-0.2, -0.15) is 0 Å². The molecule has 1 aromatic rings. The van der Waals surface area contributed by atoms with Gasteiger partial charge in [0.2, 0.25) is 11.7 Å². The summed E-state index contributed by atoms with van der Waals surface area (Å²) in [5.41, 5.74) is 4.57. The lowest BCUT2D eigenvalue weighted by Crippen LogP contribution is -2.36. The van der Waals surface area contributed by atoms with Crippen molar-refractivity contribution in [2.75, 3.05) is 11.9 Å². The van der Waals surface area contributed by atoms with Crippen molar-refractivity contribution in [1.82, 2.24) is 9.97 Å². The van der Waals surface area contributed by atoms with E-state index < -0.39 is 36.2 Å². The van der Waals surface area contributed by atoms with Crippen LogP contribution in [-0.4, -0.2) is 74.4 Å². The highest BCUT2D eigenvalue weighted by Crippen LogP contribution is 2.21. The summed E-state index contributed by atoms with van der Waals surface area (Å²) in [6, 6.07) is 0. The molecule has 2 heterocycles. The van der Waals surface area contributed by atoms with Crippen LogP contribution in [0.3, 0.4) is 0 Å².